The van der Waals surface area contributed by atoms with Crippen molar-refractivity contribution in [2.24, 2.45) is 0 Å². The first-order valence-electron chi connectivity index (χ1n) is 12.3. The first kappa shape index (κ1) is 30.3. The second-order valence-electron chi connectivity index (χ2n) is 9.64. The third-order valence-electron chi connectivity index (χ3n) is 5.94. The number of carbonyl (C=O) groups is 1. The Morgan fingerprint density at radius 2 is 1.66 bits per heavy atom. The van der Waals surface area contributed by atoms with E-state index in [4.69, 9.17) is 16.3 Å². The van der Waals surface area contributed by atoms with E-state index >= 15 is 0 Å². The SMILES string of the molecule is CN(C)CCS(=O)(=O)NC(=O)c1ccc(Nc2nc(NC3(c4ccc(Cl)cc4)CC3)nc(OCC(F)(F)F)n2)cc1. The molecule has 1 amide bonds. The Morgan fingerprint density at radius 3 is 2.24 bits per heavy atom. The summed E-state index contributed by atoms with van der Waals surface area (Å²) >= 11 is 5.99. The van der Waals surface area contributed by atoms with E-state index in [1.54, 1.807) is 31.1 Å². The maximum absolute atomic E-state index is 12.8. The highest BCUT2D eigenvalue weighted by Gasteiger charge is 2.45. The molecule has 1 fully saturated rings. The van der Waals surface area contributed by atoms with Gasteiger partial charge in [0.05, 0.1) is 11.3 Å². The minimum atomic E-state index is -4.61. The second-order valence-corrected chi connectivity index (χ2v) is 11.9. The normalized spacial score (nSPS) is 14.4. The first-order chi connectivity index (χ1) is 19.2. The number of sulfonamides is 1. The van der Waals surface area contributed by atoms with Crippen molar-refractivity contribution in [3.8, 4) is 6.01 Å². The van der Waals surface area contributed by atoms with Crippen molar-refractivity contribution < 1.29 is 31.1 Å². The number of nitrogens with one attached hydrogen (secondary N) is 3. The number of carbonyl (C=O) groups excluding carboxylic acids is 1. The number of rotatable bonds is 12. The Morgan fingerprint density at radius 1 is 1.02 bits per heavy atom. The van der Waals surface area contributed by atoms with Crippen LogP contribution in [0.4, 0.5) is 30.8 Å². The van der Waals surface area contributed by atoms with Gasteiger partial charge in [0.25, 0.3) is 5.91 Å². The molecule has 0 aliphatic heterocycles. The van der Waals surface area contributed by atoms with Crippen LogP contribution in [-0.4, -0.2) is 73.4 Å². The zero-order valence-corrected chi connectivity index (χ0v) is 23.6. The highest BCUT2D eigenvalue weighted by Crippen LogP contribution is 2.48. The van der Waals surface area contributed by atoms with Crippen molar-refractivity contribution in [2.75, 3.05) is 43.6 Å². The topological polar surface area (TPSA) is 138 Å². The van der Waals surface area contributed by atoms with Gasteiger partial charge < -0.3 is 20.3 Å². The summed E-state index contributed by atoms with van der Waals surface area (Å²) in [6.07, 6.45) is -3.14. The lowest BCUT2D eigenvalue weighted by Gasteiger charge is -2.19. The Hall–Kier alpha value is -3.69. The third-order valence-corrected chi connectivity index (χ3v) is 7.40. The fraction of sp³-hybridized carbons (Fsp3) is 0.360. The van der Waals surface area contributed by atoms with Crippen LogP contribution >= 0.6 is 11.6 Å². The molecule has 0 atom stereocenters. The molecule has 1 saturated carbocycles. The zero-order chi connectivity index (χ0) is 29.8. The Balaban J connectivity index is 1.51. The summed E-state index contributed by atoms with van der Waals surface area (Å²) in [4.78, 5) is 26.3. The maximum Gasteiger partial charge on any atom is 0.422 e. The van der Waals surface area contributed by atoms with Gasteiger partial charge in [-0.25, -0.2) is 13.1 Å². The van der Waals surface area contributed by atoms with E-state index in [-0.39, 0.29) is 29.8 Å². The Bertz CT molecular complexity index is 1480. The van der Waals surface area contributed by atoms with Gasteiger partial charge in [0.2, 0.25) is 21.9 Å². The summed E-state index contributed by atoms with van der Waals surface area (Å²) in [5, 5.41) is 6.58. The highest BCUT2D eigenvalue weighted by atomic mass is 35.5. The van der Waals surface area contributed by atoms with Gasteiger partial charge in [-0.15, -0.1) is 0 Å². The monoisotopic (exact) mass is 613 g/mol. The molecule has 2 aromatic carbocycles. The quantitative estimate of drug-likeness (QED) is 0.275. The first-order valence-corrected chi connectivity index (χ1v) is 14.3. The molecule has 16 heteroatoms. The van der Waals surface area contributed by atoms with Gasteiger partial charge in [-0.05, 0) is 68.9 Å². The van der Waals surface area contributed by atoms with Crippen molar-refractivity contribution in [3.63, 3.8) is 0 Å². The summed E-state index contributed by atoms with van der Waals surface area (Å²) < 4.78 is 69.4. The molecule has 220 valence electrons. The number of benzene rings is 2. The van der Waals surface area contributed by atoms with Crippen LogP contribution in [0.2, 0.25) is 5.02 Å². The number of nitrogens with zero attached hydrogens (tertiary/aromatic N) is 4. The molecule has 1 heterocycles. The van der Waals surface area contributed by atoms with E-state index in [0.717, 1.165) is 18.4 Å². The standard InChI is InChI=1S/C25H27ClF3N7O4S/c1-36(2)13-14-41(38,39)35-20(37)16-3-9-19(10-4-16)30-21-31-22(33-23(32-21)40-15-25(27,28)29)34-24(11-12-24)17-5-7-18(26)8-6-17/h3-10H,11-15H2,1-2H3,(H,35,37)(H2,30,31,32,33,34). The molecule has 3 aromatic rings. The Kier molecular flexibility index (Phi) is 8.89. The van der Waals surface area contributed by atoms with E-state index < -0.39 is 40.3 Å². The molecule has 0 spiro atoms. The van der Waals surface area contributed by atoms with Gasteiger partial charge in [0, 0.05) is 22.8 Å². The molecule has 0 saturated heterocycles. The zero-order valence-electron chi connectivity index (χ0n) is 22.0. The number of amides is 1. The van der Waals surface area contributed by atoms with E-state index in [1.165, 1.54) is 24.3 Å². The van der Waals surface area contributed by atoms with E-state index in [1.807, 2.05) is 16.9 Å². The summed E-state index contributed by atoms with van der Waals surface area (Å²) in [5.41, 5.74) is 0.837. The second kappa shape index (κ2) is 12.0. The summed E-state index contributed by atoms with van der Waals surface area (Å²) in [6, 6.07) is 12.3. The summed E-state index contributed by atoms with van der Waals surface area (Å²) in [6.45, 7) is -1.36. The van der Waals surface area contributed by atoms with Crippen LogP contribution in [0, 0.1) is 0 Å². The smallest absolute Gasteiger partial charge is 0.422 e. The van der Waals surface area contributed by atoms with Crippen LogP contribution in [0.25, 0.3) is 0 Å². The molecule has 3 N–H and O–H groups in total. The molecular formula is C25H27ClF3N7O4S. The van der Waals surface area contributed by atoms with Crippen molar-refractivity contribution in [2.45, 2.75) is 24.6 Å². The number of hydrogen-bond acceptors (Lipinski definition) is 10. The fourth-order valence-corrected chi connectivity index (χ4v) is 4.89. The van der Waals surface area contributed by atoms with Crippen molar-refractivity contribution in [1.82, 2.24) is 24.6 Å². The molecule has 1 aliphatic carbocycles. The largest absolute Gasteiger partial charge is 0.454 e. The molecule has 41 heavy (non-hydrogen) atoms. The molecule has 1 aliphatic rings. The average molecular weight is 614 g/mol. The number of hydrogen-bond donors (Lipinski definition) is 3. The van der Waals surface area contributed by atoms with E-state index in [9.17, 15) is 26.4 Å². The maximum atomic E-state index is 12.8. The van der Waals surface area contributed by atoms with Crippen LogP contribution in [0.1, 0.15) is 28.8 Å². The minimum Gasteiger partial charge on any atom is -0.454 e. The number of aromatic nitrogens is 3. The van der Waals surface area contributed by atoms with E-state index in [2.05, 4.69) is 25.6 Å². The number of ether oxygens (including phenoxy) is 1. The predicted octanol–water partition coefficient (Wildman–Crippen LogP) is 3.93. The molecule has 4 rings (SSSR count). The van der Waals surface area contributed by atoms with Gasteiger partial charge in [-0.3, -0.25) is 4.79 Å². The minimum absolute atomic E-state index is 0.00828. The highest BCUT2D eigenvalue weighted by molar-refractivity contribution is 7.90. The molecule has 0 bridgehead atoms. The fourth-order valence-electron chi connectivity index (χ4n) is 3.66. The molecular weight excluding hydrogens is 587 g/mol. The molecule has 11 nitrogen and oxygen atoms in total. The molecule has 0 radical (unpaired) electrons. The van der Waals surface area contributed by atoms with Crippen LogP contribution < -0.4 is 20.1 Å². The average Bonchev–Trinajstić information content (AvgIpc) is 3.67. The van der Waals surface area contributed by atoms with Gasteiger partial charge in [0.15, 0.2) is 6.61 Å². The lowest BCUT2D eigenvalue weighted by molar-refractivity contribution is -0.154. The van der Waals surface area contributed by atoms with Crippen molar-refractivity contribution in [1.29, 1.82) is 0 Å². The number of alkyl halides is 3. The van der Waals surface area contributed by atoms with Crippen molar-refractivity contribution >= 4 is 45.1 Å². The molecule has 0 unspecified atom stereocenters. The van der Waals surface area contributed by atoms with E-state index in [0.29, 0.717) is 10.7 Å². The number of anilines is 3. The van der Waals surface area contributed by atoms with Gasteiger partial charge >= 0.3 is 12.2 Å². The van der Waals surface area contributed by atoms with Gasteiger partial charge in [0.1, 0.15) is 0 Å². The molecule has 1 aromatic heterocycles. The van der Waals surface area contributed by atoms with Crippen LogP contribution in [0.15, 0.2) is 48.5 Å². The summed E-state index contributed by atoms with van der Waals surface area (Å²) in [7, 11) is -0.408. The lowest BCUT2D eigenvalue weighted by Crippen LogP contribution is -2.35. The summed E-state index contributed by atoms with van der Waals surface area (Å²) in [5.74, 6) is -1.18. The van der Waals surface area contributed by atoms with Gasteiger partial charge in [-0.1, -0.05) is 23.7 Å². The number of halogens is 4. The van der Waals surface area contributed by atoms with Crippen LogP contribution in [0.5, 0.6) is 6.01 Å². The van der Waals surface area contributed by atoms with Crippen LogP contribution in [-0.2, 0) is 15.6 Å². The predicted molar refractivity (Wildman–Crippen MR) is 147 cm³/mol. The van der Waals surface area contributed by atoms with Crippen LogP contribution in [0.3, 0.4) is 0 Å². The third kappa shape index (κ3) is 8.90. The Labute approximate surface area is 239 Å². The van der Waals surface area contributed by atoms with Gasteiger partial charge in [-0.2, -0.15) is 28.1 Å². The van der Waals surface area contributed by atoms with Crippen molar-refractivity contribution in [3.05, 3.63) is 64.7 Å². The lowest BCUT2D eigenvalue weighted by atomic mass is 10.1.